The van der Waals surface area contributed by atoms with Gasteiger partial charge in [0.2, 0.25) is 0 Å². The van der Waals surface area contributed by atoms with Crippen molar-refractivity contribution < 1.29 is 0 Å². The second-order valence-corrected chi connectivity index (χ2v) is 7.31. The van der Waals surface area contributed by atoms with E-state index in [9.17, 15) is 0 Å². The van der Waals surface area contributed by atoms with Crippen molar-refractivity contribution in [2.75, 3.05) is 18.5 Å². The summed E-state index contributed by atoms with van der Waals surface area (Å²) in [7, 11) is 2.10. The number of anilines is 1. The minimum absolute atomic E-state index is 0.518. The topological polar surface area (TPSA) is 15.3 Å². The highest BCUT2D eigenvalue weighted by atomic mass is 15.2. The van der Waals surface area contributed by atoms with Gasteiger partial charge < -0.3 is 10.2 Å². The molecule has 1 aromatic carbocycles. The van der Waals surface area contributed by atoms with Crippen molar-refractivity contribution in [1.82, 2.24) is 5.32 Å². The van der Waals surface area contributed by atoms with Crippen molar-refractivity contribution in [3.63, 3.8) is 0 Å². The SMILES string of the molecule is CNC1CCCN(C2CC(C)CC(C)C2)c2ccccc21. The van der Waals surface area contributed by atoms with Gasteiger partial charge in [0, 0.05) is 24.3 Å². The van der Waals surface area contributed by atoms with Crippen LogP contribution in [0.4, 0.5) is 5.69 Å². The number of nitrogens with one attached hydrogen (secondary N) is 1. The van der Waals surface area contributed by atoms with E-state index in [4.69, 9.17) is 0 Å². The van der Waals surface area contributed by atoms with Crippen LogP contribution in [0.3, 0.4) is 0 Å². The second kappa shape index (κ2) is 6.39. The molecule has 0 aromatic heterocycles. The van der Waals surface area contributed by atoms with Crippen molar-refractivity contribution in [1.29, 1.82) is 0 Å². The summed E-state index contributed by atoms with van der Waals surface area (Å²) in [5, 5.41) is 3.51. The number of hydrogen-bond acceptors (Lipinski definition) is 2. The molecule has 2 nitrogen and oxygen atoms in total. The zero-order valence-corrected chi connectivity index (χ0v) is 13.8. The number of hydrogen-bond donors (Lipinski definition) is 1. The van der Waals surface area contributed by atoms with E-state index >= 15 is 0 Å². The molecule has 3 atom stereocenters. The number of rotatable bonds is 2. The molecule has 1 heterocycles. The third kappa shape index (κ3) is 3.11. The molecule has 2 aliphatic rings. The van der Waals surface area contributed by atoms with Gasteiger partial charge in [0.15, 0.2) is 0 Å². The summed E-state index contributed by atoms with van der Waals surface area (Å²) < 4.78 is 0. The van der Waals surface area contributed by atoms with Crippen LogP contribution in [0.25, 0.3) is 0 Å². The lowest BCUT2D eigenvalue weighted by molar-refractivity contribution is 0.259. The molecule has 116 valence electrons. The summed E-state index contributed by atoms with van der Waals surface area (Å²) in [5.74, 6) is 1.74. The maximum Gasteiger partial charge on any atom is 0.0417 e. The minimum atomic E-state index is 0.518. The van der Waals surface area contributed by atoms with Crippen LogP contribution in [0.1, 0.15) is 57.6 Å². The van der Waals surface area contributed by atoms with Gasteiger partial charge in [0.25, 0.3) is 0 Å². The molecule has 0 bridgehead atoms. The van der Waals surface area contributed by atoms with E-state index in [0.717, 1.165) is 17.9 Å². The number of nitrogens with zero attached hydrogens (tertiary/aromatic N) is 1. The first kappa shape index (κ1) is 14.9. The van der Waals surface area contributed by atoms with Gasteiger partial charge in [-0.15, -0.1) is 0 Å². The summed E-state index contributed by atoms with van der Waals surface area (Å²) in [5.41, 5.74) is 2.99. The molecule has 0 spiro atoms. The Labute approximate surface area is 129 Å². The van der Waals surface area contributed by atoms with Gasteiger partial charge in [0.05, 0.1) is 0 Å². The molecule has 3 unspecified atom stereocenters. The summed E-state index contributed by atoms with van der Waals surface area (Å²) in [4.78, 5) is 2.73. The van der Waals surface area contributed by atoms with Crippen LogP contribution in [0, 0.1) is 11.8 Å². The molecule has 0 amide bonds. The normalized spacial score (nSPS) is 33.4. The molecular weight excluding hydrogens is 256 g/mol. The average Bonchev–Trinajstić information content (AvgIpc) is 2.65. The molecule has 1 N–H and O–H groups in total. The fourth-order valence-corrected chi connectivity index (χ4v) is 4.62. The van der Waals surface area contributed by atoms with Gasteiger partial charge in [-0.3, -0.25) is 0 Å². The van der Waals surface area contributed by atoms with Crippen LogP contribution in [0.5, 0.6) is 0 Å². The van der Waals surface area contributed by atoms with Crippen LogP contribution in [-0.2, 0) is 0 Å². The lowest BCUT2D eigenvalue weighted by Gasteiger charge is -2.41. The Kier molecular flexibility index (Phi) is 4.54. The van der Waals surface area contributed by atoms with Crippen LogP contribution < -0.4 is 10.2 Å². The molecule has 1 aromatic rings. The van der Waals surface area contributed by atoms with E-state index in [0.29, 0.717) is 6.04 Å². The van der Waals surface area contributed by atoms with E-state index in [1.54, 1.807) is 0 Å². The maximum absolute atomic E-state index is 3.51. The lowest BCUT2D eigenvalue weighted by atomic mass is 9.79. The van der Waals surface area contributed by atoms with Crippen molar-refractivity contribution in [2.45, 2.75) is 58.0 Å². The van der Waals surface area contributed by atoms with Gasteiger partial charge in [-0.05, 0) is 62.6 Å². The summed E-state index contributed by atoms with van der Waals surface area (Å²) in [6, 6.07) is 10.3. The number of fused-ring (bicyclic) bond motifs is 1. The summed E-state index contributed by atoms with van der Waals surface area (Å²) in [6.45, 7) is 6.09. The predicted octanol–water partition coefficient (Wildman–Crippen LogP) is 4.37. The Morgan fingerprint density at radius 1 is 1.05 bits per heavy atom. The lowest BCUT2D eigenvalue weighted by Crippen LogP contribution is -2.41. The molecule has 1 aliphatic carbocycles. The third-order valence-corrected chi connectivity index (χ3v) is 5.46. The Balaban J connectivity index is 1.91. The highest BCUT2D eigenvalue weighted by Gasteiger charge is 2.31. The first-order chi connectivity index (χ1) is 10.2. The third-order valence-electron chi connectivity index (χ3n) is 5.46. The van der Waals surface area contributed by atoms with Crippen LogP contribution >= 0.6 is 0 Å². The van der Waals surface area contributed by atoms with E-state index in [1.165, 1.54) is 49.9 Å². The molecule has 1 fully saturated rings. The Morgan fingerprint density at radius 3 is 2.48 bits per heavy atom. The molecular formula is C19H30N2. The van der Waals surface area contributed by atoms with Gasteiger partial charge >= 0.3 is 0 Å². The number of benzene rings is 1. The van der Waals surface area contributed by atoms with Gasteiger partial charge in [-0.1, -0.05) is 32.0 Å². The zero-order valence-electron chi connectivity index (χ0n) is 13.8. The Hall–Kier alpha value is -1.02. The molecule has 0 saturated heterocycles. The summed E-state index contributed by atoms with van der Waals surface area (Å²) >= 11 is 0. The smallest absolute Gasteiger partial charge is 0.0417 e. The predicted molar refractivity (Wildman–Crippen MR) is 90.8 cm³/mol. The first-order valence-electron chi connectivity index (χ1n) is 8.72. The molecule has 1 aliphatic heterocycles. The van der Waals surface area contributed by atoms with Gasteiger partial charge in [-0.2, -0.15) is 0 Å². The van der Waals surface area contributed by atoms with Crippen molar-refractivity contribution in [3.8, 4) is 0 Å². The van der Waals surface area contributed by atoms with Gasteiger partial charge in [0.1, 0.15) is 0 Å². The maximum atomic E-state index is 3.51. The van der Waals surface area contributed by atoms with E-state index in [-0.39, 0.29) is 0 Å². The van der Waals surface area contributed by atoms with Crippen molar-refractivity contribution in [2.24, 2.45) is 11.8 Å². The molecule has 21 heavy (non-hydrogen) atoms. The quantitative estimate of drug-likeness (QED) is 0.868. The molecule has 1 saturated carbocycles. The largest absolute Gasteiger partial charge is 0.368 e. The molecule has 0 radical (unpaired) electrons. The van der Waals surface area contributed by atoms with Crippen molar-refractivity contribution in [3.05, 3.63) is 29.8 Å². The van der Waals surface area contributed by atoms with Crippen LogP contribution in [0.15, 0.2) is 24.3 Å². The minimum Gasteiger partial charge on any atom is -0.368 e. The fourth-order valence-electron chi connectivity index (χ4n) is 4.62. The van der Waals surface area contributed by atoms with E-state index < -0.39 is 0 Å². The second-order valence-electron chi connectivity index (χ2n) is 7.31. The fraction of sp³-hybridized carbons (Fsp3) is 0.684. The Bertz CT molecular complexity index is 460. The van der Waals surface area contributed by atoms with Crippen LogP contribution in [0.2, 0.25) is 0 Å². The van der Waals surface area contributed by atoms with E-state index in [2.05, 4.69) is 55.4 Å². The average molecular weight is 286 g/mol. The first-order valence-corrected chi connectivity index (χ1v) is 8.72. The van der Waals surface area contributed by atoms with Crippen molar-refractivity contribution >= 4 is 5.69 Å². The monoisotopic (exact) mass is 286 g/mol. The van der Waals surface area contributed by atoms with E-state index in [1.807, 2.05) is 0 Å². The van der Waals surface area contributed by atoms with Gasteiger partial charge in [-0.25, -0.2) is 0 Å². The molecule has 2 heteroatoms. The standard InChI is InChI=1S/C19H30N2/c1-14-11-15(2)13-16(12-14)21-10-6-8-18(20-3)17-7-4-5-9-19(17)21/h4-5,7,9,14-16,18,20H,6,8,10-13H2,1-3H3. The van der Waals surface area contributed by atoms with Crippen LogP contribution in [-0.4, -0.2) is 19.6 Å². The Morgan fingerprint density at radius 2 is 1.76 bits per heavy atom. The number of para-hydroxylation sites is 1. The molecule has 3 rings (SSSR count). The summed E-state index contributed by atoms with van der Waals surface area (Å²) in [6.07, 6.45) is 6.68. The highest BCUT2D eigenvalue weighted by Crippen LogP contribution is 2.39. The highest BCUT2D eigenvalue weighted by molar-refractivity contribution is 5.56. The zero-order chi connectivity index (χ0) is 14.8.